The van der Waals surface area contributed by atoms with Gasteiger partial charge in [-0.3, -0.25) is 9.78 Å². The van der Waals surface area contributed by atoms with Crippen molar-refractivity contribution in [2.24, 2.45) is 0 Å². The number of nitrogens with zero attached hydrogens (tertiary/aromatic N) is 3. The molecule has 9 heteroatoms. The van der Waals surface area contributed by atoms with E-state index in [1.807, 2.05) is 0 Å². The molecule has 1 N–H and O–H groups in total. The first-order valence-corrected chi connectivity index (χ1v) is 8.95. The van der Waals surface area contributed by atoms with Crippen molar-refractivity contribution >= 4 is 21.6 Å². The minimum atomic E-state index is -3.72. The Morgan fingerprint density at radius 2 is 2.24 bits per heavy atom. The Hall–Kier alpha value is -2.94. The minimum Gasteiger partial charge on any atom is -0.497 e. The van der Waals surface area contributed by atoms with E-state index < -0.39 is 21.2 Å². The number of aromatic nitrogens is 3. The van der Waals surface area contributed by atoms with Crippen molar-refractivity contribution in [1.29, 1.82) is 0 Å². The number of ether oxygens (including phenoxy) is 1. The largest absolute Gasteiger partial charge is 0.497 e. The van der Waals surface area contributed by atoms with E-state index in [1.165, 1.54) is 25.7 Å². The molecule has 0 bridgehead atoms. The fourth-order valence-corrected chi connectivity index (χ4v) is 3.63. The first-order valence-electron chi connectivity index (χ1n) is 7.44. The molecule has 1 aliphatic rings. The summed E-state index contributed by atoms with van der Waals surface area (Å²) in [6.45, 7) is 0. The van der Waals surface area contributed by atoms with E-state index in [1.54, 1.807) is 36.4 Å². The molecule has 1 amide bonds. The molecule has 0 aliphatic heterocycles. The van der Waals surface area contributed by atoms with E-state index >= 15 is 0 Å². The molecule has 2 aromatic rings. The van der Waals surface area contributed by atoms with E-state index in [-0.39, 0.29) is 17.8 Å². The van der Waals surface area contributed by atoms with Gasteiger partial charge in [0.25, 0.3) is 15.9 Å². The Morgan fingerprint density at radius 3 is 2.88 bits per heavy atom. The number of allylic oxidation sites excluding steroid dienone is 2. The summed E-state index contributed by atoms with van der Waals surface area (Å²) < 4.78 is 31.1. The van der Waals surface area contributed by atoms with Gasteiger partial charge in [-0.25, -0.2) is 8.42 Å². The van der Waals surface area contributed by atoms with Crippen LogP contribution in [0, 0.1) is 0 Å². The molecular formula is C16H16N4O4S. The number of pyridine rings is 1. The van der Waals surface area contributed by atoms with Gasteiger partial charge in [-0.05, 0) is 30.7 Å². The number of carbonyl (C=O) groups excluding carboxylic acids is 1. The average molecular weight is 360 g/mol. The SMILES string of the molecule is COC1=CCC(S(=O)(=O)n2cc(NC(=O)c3ccccn3)cn2)C=C1. The van der Waals surface area contributed by atoms with Gasteiger partial charge in [0.05, 0.1) is 25.2 Å². The molecule has 0 fully saturated rings. The van der Waals surface area contributed by atoms with Gasteiger partial charge >= 0.3 is 0 Å². The van der Waals surface area contributed by atoms with E-state index in [9.17, 15) is 13.2 Å². The van der Waals surface area contributed by atoms with Gasteiger partial charge in [0, 0.05) is 6.20 Å². The summed E-state index contributed by atoms with van der Waals surface area (Å²) in [5, 5.41) is 5.68. The van der Waals surface area contributed by atoms with Crippen LogP contribution in [-0.2, 0) is 14.8 Å². The van der Waals surface area contributed by atoms with Crippen molar-refractivity contribution < 1.29 is 17.9 Å². The zero-order chi connectivity index (χ0) is 17.9. The third kappa shape index (κ3) is 3.61. The highest BCUT2D eigenvalue weighted by molar-refractivity contribution is 7.90. The van der Waals surface area contributed by atoms with Crippen LogP contribution in [0.2, 0.25) is 0 Å². The molecule has 0 radical (unpaired) electrons. The van der Waals surface area contributed by atoms with Crippen LogP contribution in [0.1, 0.15) is 16.9 Å². The number of hydrogen-bond acceptors (Lipinski definition) is 6. The highest BCUT2D eigenvalue weighted by Crippen LogP contribution is 2.20. The first-order chi connectivity index (χ1) is 12.0. The maximum Gasteiger partial charge on any atom is 0.274 e. The van der Waals surface area contributed by atoms with Crippen molar-refractivity contribution in [3.05, 3.63) is 66.5 Å². The molecule has 0 spiro atoms. The molecule has 130 valence electrons. The Labute approximate surface area is 144 Å². The standard InChI is InChI=1S/C16H16N4O4S/c1-24-13-5-7-14(8-6-13)25(22,23)20-11-12(10-18-20)19-16(21)15-4-2-3-9-17-15/h2-7,9-11,14H,8H2,1H3,(H,19,21). The van der Waals surface area contributed by atoms with Crippen LogP contribution < -0.4 is 5.32 Å². The number of hydrogen-bond donors (Lipinski definition) is 1. The molecule has 2 aromatic heterocycles. The van der Waals surface area contributed by atoms with Gasteiger partial charge < -0.3 is 10.1 Å². The van der Waals surface area contributed by atoms with E-state index in [0.717, 1.165) is 4.09 Å². The van der Waals surface area contributed by atoms with E-state index in [2.05, 4.69) is 15.4 Å². The summed E-state index contributed by atoms with van der Waals surface area (Å²) in [6, 6.07) is 4.94. The monoisotopic (exact) mass is 360 g/mol. The van der Waals surface area contributed by atoms with Crippen molar-refractivity contribution in [1.82, 2.24) is 14.2 Å². The maximum absolute atomic E-state index is 12.6. The smallest absolute Gasteiger partial charge is 0.274 e. The van der Waals surface area contributed by atoms with Gasteiger partial charge in [0.15, 0.2) is 0 Å². The number of anilines is 1. The number of amides is 1. The highest BCUT2D eigenvalue weighted by atomic mass is 32.2. The summed E-state index contributed by atoms with van der Waals surface area (Å²) in [4.78, 5) is 16.0. The summed E-state index contributed by atoms with van der Waals surface area (Å²) in [6.07, 6.45) is 9.20. The van der Waals surface area contributed by atoms with Crippen LogP contribution in [0.15, 0.2) is 60.8 Å². The molecular weight excluding hydrogens is 344 g/mol. The first kappa shape index (κ1) is 16.9. The van der Waals surface area contributed by atoms with Crippen molar-refractivity contribution in [3.63, 3.8) is 0 Å². The molecule has 25 heavy (non-hydrogen) atoms. The molecule has 3 rings (SSSR count). The fraction of sp³-hybridized carbons (Fsp3) is 0.188. The van der Waals surface area contributed by atoms with Crippen molar-refractivity contribution in [2.45, 2.75) is 11.7 Å². The van der Waals surface area contributed by atoms with Gasteiger partial charge in [-0.1, -0.05) is 12.1 Å². The Kier molecular flexibility index (Phi) is 4.66. The minimum absolute atomic E-state index is 0.227. The second-order valence-electron chi connectivity index (χ2n) is 5.26. The fourth-order valence-electron chi connectivity index (χ4n) is 2.29. The molecule has 0 saturated carbocycles. The van der Waals surface area contributed by atoms with E-state index in [0.29, 0.717) is 5.76 Å². The summed E-state index contributed by atoms with van der Waals surface area (Å²) >= 11 is 0. The lowest BCUT2D eigenvalue weighted by molar-refractivity contribution is 0.102. The van der Waals surface area contributed by atoms with Crippen LogP contribution in [0.5, 0.6) is 0 Å². The predicted octanol–water partition coefficient (Wildman–Crippen LogP) is 1.57. The van der Waals surface area contributed by atoms with Gasteiger partial charge in [-0.2, -0.15) is 9.19 Å². The average Bonchev–Trinajstić information content (AvgIpc) is 3.12. The highest BCUT2D eigenvalue weighted by Gasteiger charge is 2.27. The Morgan fingerprint density at radius 1 is 1.40 bits per heavy atom. The zero-order valence-corrected chi connectivity index (χ0v) is 14.2. The number of nitrogens with one attached hydrogen (secondary N) is 1. The van der Waals surface area contributed by atoms with Crippen LogP contribution in [0.3, 0.4) is 0 Å². The van der Waals surface area contributed by atoms with Crippen molar-refractivity contribution in [3.8, 4) is 0 Å². The van der Waals surface area contributed by atoms with Gasteiger partial charge in [0.1, 0.15) is 16.7 Å². The van der Waals surface area contributed by atoms with Crippen molar-refractivity contribution in [2.75, 3.05) is 12.4 Å². The quantitative estimate of drug-likeness (QED) is 0.868. The van der Waals surface area contributed by atoms with Crippen LogP contribution in [0.25, 0.3) is 0 Å². The van der Waals surface area contributed by atoms with Gasteiger partial charge in [-0.15, -0.1) is 0 Å². The lowest BCUT2D eigenvalue weighted by Crippen LogP contribution is -2.27. The lowest BCUT2D eigenvalue weighted by Gasteiger charge is -2.16. The lowest BCUT2D eigenvalue weighted by atomic mass is 10.2. The predicted molar refractivity (Wildman–Crippen MR) is 91.4 cm³/mol. The Balaban J connectivity index is 1.74. The molecule has 0 aromatic carbocycles. The molecule has 1 unspecified atom stereocenters. The molecule has 1 aliphatic carbocycles. The number of carbonyl (C=O) groups is 1. The Bertz CT molecular complexity index is 932. The summed E-state index contributed by atoms with van der Waals surface area (Å²) in [5.74, 6) is 0.179. The summed E-state index contributed by atoms with van der Waals surface area (Å²) in [5.41, 5.74) is 0.498. The number of rotatable bonds is 5. The normalized spacial score (nSPS) is 17.0. The van der Waals surface area contributed by atoms with Crippen LogP contribution in [0.4, 0.5) is 5.69 Å². The zero-order valence-electron chi connectivity index (χ0n) is 13.4. The topological polar surface area (TPSA) is 103 Å². The third-order valence-electron chi connectivity index (χ3n) is 3.62. The third-order valence-corrected chi connectivity index (χ3v) is 5.46. The molecule has 0 saturated heterocycles. The van der Waals surface area contributed by atoms with E-state index in [4.69, 9.17) is 4.74 Å². The van der Waals surface area contributed by atoms with Crippen LogP contribution in [-0.4, -0.2) is 40.9 Å². The second kappa shape index (κ2) is 6.89. The molecule has 8 nitrogen and oxygen atoms in total. The maximum atomic E-state index is 12.6. The number of methoxy groups -OCH3 is 1. The summed E-state index contributed by atoms with van der Waals surface area (Å²) in [7, 11) is -2.20. The second-order valence-corrected chi connectivity index (χ2v) is 7.27. The molecule has 1 atom stereocenters. The van der Waals surface area contributed by atoms with Gasteiger partial charge in [0.2, 0.25) is 0 Å². The van der Waals surface area contributed by atoms with Crippen LogP contribution >= 0.6 is 0 Å². The molecule has 2 heterocycles.